The van der Waals surface area contributed by atoms with Crippen LogP contribution in [0.25, 0.3) is 10.8 Å². The lowest BCUT2D eigenvalue weighted by molar-refractivity contribution is 0.0140. The smallest absolute Gasteiger partial charge is 0.254 e. The van der Waals surface area contributed by atoms with Gasteiger partial charge in [0.1, 0.15) is 5.15 Å². The zero-order chi connectivity index (χ0) is 21.5. The third-order valence-corrected chi connectivity index (χ3v) is 7.13. The molecule has 5 heteroatoms. The highest BCUT2D eigenvalue weighted by Gasteiger charge is 2.38. The molecule has 1 aliphatic carbocycles. The molecule has 5 rings (SSSR count). The lowest BCUT2D eigenvalue weighted by Gasteiger charge is -2.42. The Labute approximate surface area is 187 Å². The molecule has 2 aromatic carbocycles. The Bertz CT molecular complexity index is 1130. The van der Waals surface area contributed by atoms with Crippen molar-refractivity contribution in [3.8, 4) is 0 Å². The van der Waals surface area contributed by atoms with E-state index in [1.807, 2.05) is 17.0 Å². The van der Waals surface area contributed by atoms with Crippen LogP contribution < -0.4 is 0 Å². The number of hydrogen-bond acceptors (Lipinski definition) is 3. The van der Waals surface area contributed by atoms with Gasteiger partial charge in [0.25, 0.3) is 5.91 Å². The molecular weight excluding hydrogens is 408 g/mol. The number of amides is 1. The second-order valence-corrected chi connectivity index (χ2v) is 9.37. The van der Waals surface area contributed by atoms with E-state index in [4.69, 9.17) is 11.6 Å². The number of aliphatic hydroxyl groups excluding tert-OH is 1. The van der Waals surface area contributed by atoms with E-state index >= 15 is 0 Å². The molecule has 0 bridgehead atoms. The van der Waals surface area contributed by atoms with Crippen molar-refractivity contribution in [2.75, 3.05) is 6.54 Å². The zero-order valence-corrected chi connectivity index (χ0v) is 18.5. The number of pyridine rings is 1. The Morgan fingerprint density at radius 3 is 2.65 bits per heavy atom. The fourth-order valence-corrected chi connectivity index (χ4v) is 5.53. The molecule has 1 saturated carbocycles. The third-order valence-electron chi connectivity index (χ3n) is 6.90. The van der Waals surface area contributed by atoms with Gasteiger partial charge in [0, 0.05) is 24.2 Å². The van der Waals surface area contributed by atoms with Crippen molar-refractivity contribution in [2.24, 2.45) is 0 Å². The van der Waals surface area contributed by atoms with Crippen LogP contribution in [0.5, 0.6) is 0 Å². The lowest BCUT2D eigenvalue weighted by Crippen LogP contribution is -2.52. The summed E-state index contributed by atoms with van der Waals surface area (Å²) in [4.78, 5) is 19.8. The van der Waals surface area contributed by atoms with Gasteiger partial charge < -0.3 is 10.0 Å². The molecule has 1 unspecified atom stereocenters. The quantitative estimate of drug-likeness (QED) is 0.566. The van der Waals surface area contributed by atoms with Crippen molar-refractivity contribution < 1.29 is 9.90 Å². The van der Waals surface area contributed by atoms with Crippen molar-refractivity contribution >= 4 is 28.3 Å². The number of carbonyl (C=O) groups is 1. The molecule has 4 nitrogen and oxygen atoms in total. The van der Waals surface area contributed by atoms with Crippen LogP contribution in [0.15, 0.2) is 48.7 Å². The maximum Gasteiger partial charge on any atom is 0.254 e. The first-order valence-electron chi connectivity index (χ1n) is 11.2. The van der Waals surface area contributed by atoms with E-state index in [0.717, 1.165) is 53.3 Å². The predicted octanol–water partition coefficient (Wildman–Crippen LogP) is 5.34. The number of benzene rings is 2. The summed E-state index contributed by atoms with van der Waals surface area (Å²) in [7, 11) is 0. The largest absolute Gasteiger partial charge is 0.391 e. The molecular formula is C26H27ClN2O2. The van der Waals surface area contributed by atoms with Crippen molar-refractivity contribution in [2.45, 2.75) is 57.1 Å². The monoisotopic (exact) mass is 434 g/mol. The molecule has 2 heterocycles. The number of aromatic nitrogens is 1. The van der Waals surface area contributed by atoms with E-state index in [-0.39, 0.29) is 17.9 Å². The number of aliphatic hydroxyl groups is 1. The van der Waals surface area contributed by atoms with Crippen LogP contribution in [-0.2, 0) is 6.42 Å². The Kier molecular flexibility index (Phi) is 5.45. The summed E-state index contributed by atoms with van der Waals surface area (Å²) in [5.74, 6) is 0.276. The molecule has 2 aliphatic rings. The van der Waals surface area contributed by atoms with E-state index in [1.165, 1.54) is 5.39 Å². The number of halogens is 1. The van der Waals surface area contributed by atoms with Crippen LogP contribution in [0.2, 0.25) is 5.15 Å². The molecule has 0 saturated heterocycles. The highest BCUT2D eigenvalue weighted by atomic mass is 35.5. The highest BCUT2D eigenvalue weighted by Crippen LogP contribution is 2.39. The fraction of sp³-hybridized carbons (Fsp3) is 0.385. The summed E-state index contributed by atoms with van der Waals surface area (Å²) in [6.07, 6.45) is 5.83. The molecule has 1 N–H and O–H groups in total. The molecule has 160 valence electrons. The van der Waals surface area contributed by atoms with Crippen LogP contribution in [0.3, 0.4) is 0 Å². The van der Waals surface area contributed by atoms with Gasteiger partial charge in [-0.15, -0.1) is 0 Å². The molecule has 0 radical (unpaired) electrons. The molecule has 31 heavy (non-hydrogen) atoms. The van der Waals surface area contributed by atoms with Gasteiger partial charge in [-0.25, -0.2) is 4.98 Å². The molecule has 1 aromatic heterocycles. The average Bonchev–Trinajstić information content (AvgIpc) is 2.78. The summed E-state index contributed by atoms with van der Waals surface area (Å²) < 4.78 is 0. The zero-order valence-electron chi connectivity index (χ0n) is 17.7. The van der Waals surface area contributed by atoms with Crippen LogP contribution in [0.4, 0.5) is 0 Å². The molecule has 1 amide bonds. The average molecular weight is 435 g/mol. The van der Waals surface area contributed by atoms with Gasteiger partial charge in [0.05, 0.1) is 12.1 Å². The molecule has 3 atom stereocenters. The van der Waals surface area contributed by atoms with Gasteiger partial charge in [-0.2, -0.15) is 0 Å². The van der Waals surface area contributed by atoms with Crippen molar-refractivity contribution in [1.82, 2.24) is 9.88 Å². The maximum atomic E-state index is 13.7. The molecule has 0 spiro atoms. The first-order chi connectivity index (χ1) is 15.0. The molecule has 1 fully saturated rings. The standard InChI is InChI=1S/C26H27ClN2O2/c1-16-15-29(22-8-4-5-9-23(22)30)26(31)21-13-18(12-17-10-11-24(27)28-14-17)19-6-2-3-7-20(19)25(16)21/h2-3,6-7,10-11,13-14,16,22-23,30H,4-5,8-9,12,15H2,1H3/t16?,22-,23-/m0/s1. The van der Waals surface area contributed by atoms with Crippen LogP contribution in [-0.4, -0.2) is 39.6 Å². The molecule has 1 aliphatic heterocycles. The summed E-state index contributed by atoms with van der Waals surface area (Å²) >= 11 is 5.96. The lowest BCUT2D eigenvalue weighted by atomic mass is 9.81. The maximum absolute atomic E-state index is 13.7. The summed E-state index contributed by atoms with van der Waals surface area (Å²) in [5.41, 5.74) is 4.10. The minimum Gasteiger partial charge on any atom is -0.391 e. The van der Waals surface area contributed by atoms with E-state index in [9.17, 15) is 9.90 Å². The summed E-state index contributed by atoms with van der Waals surface area (Å²) in [6, 6.07) is 14.2. The van der Waals surface area contributed by atoms with Gasteiger partial charge in [-0.1, -0.05) is 61.7 Å². The van der Waals surface area contributed by atoms with Gasteiger partial charge in [0.2, 0.25) is 0 Å². The van der Waals surface area contributed by atoms with E-state index in [1.54, 1.807) is 12.3 Å². The highest BCUT2D eigenvalue weighted by molar-refractivity contribution is 6.29. The Morgan fingerprint density at radius 1 is 1.13 bits per heavy atom. The Hall–Kier alpha value is -2.43. The minimum atomic E-state index is -0.425. The van der Waals surface area contributed by atoms with E-state index < -0.39 is 6.10 Å². The Balaban J connectivity index is 1.61. The number of hydrogen-bond donors (Lipinski definition) is 1. The third kappa shape index (κ3) is 3.72. The normalized spacial score (nSPS) is 23.8. The summed E-state index contributed by atoms with van der Waals surface area (Å²) in [6.45, 7) is 2.86. The van der Waals surface area contributed by atoms with Crippen LogP contribution in [0, 0.1) is 0 Å². The Morgan fingerprint density at radius 2 is 1.90 bits per heavy atom. The van der Waals surface area contributed by atoms with E-state index in [0.29, 0.717) is 18.1 Å². The number of nitrogens with zero attached hydrogens (tertiary/aromatic N) is 2. The van der Waals surface area contributed by atoms with Crippen LogP contribution >= 0.6 is 11.6 Å². The van der Waals surface area contributed by atoms with Gasteiger partial charge in [-0.05, 0) is 58.9 Å². The topological polar surface area (TPSA) is 53.4 Å². The van der Waals surface area contributed by atoms with Crippen molar-refractivity contribution in [3.63, 3.8) is 0 Å². The van der Waals surface area contributed by atoms with E-state index in [2.05, 4.69) is 36.2 Å². The van der Waals surface area contributed by atoms with Crippen molar-refractivity contribution in [3.05, 3.63) is 76.1 Å². The number of rotatable bonds is 3. The van der Waals surface area contributed by atoms with Gasteiger partial charge >= 0.3 is 0 Å². The summed E-state index contributed by atoms with van der Waals surface area (Å²) in [5, 5.41) is 13.4. The SMILES string of the molecule is CC1CN([C@H]2CCCC[C@@H]2O)C(=O)c2cc(Cc3ccc(Cl)nc3)c3ccccc3c21. The second-order valence-electron chi connectivity index (χ2n) is 8.99. The predicted molar refractivity (Wildman–Crippen MR) is 124 cm³/mol. The second kappa shape index (κ2) is 8.25. The first-order valence-corrected chi connectivity index (χ1v) is 11.5. The number of fused-ring (bicyclic) bond motifs is 3. The fourth-order valence-electron chi connectivity index (χ4n) is 5.42. The first kappa shape index (κ1) is 20.5. The van der Waals surface area contributed by atoms with Crippen molar-refractivity contribution in [1.29, 1.82) is 0 Å². The van der Waals surface area contributed by atoms with Crippen LogP contribution in [0.1, 0.15) is 65.6 Å². The molecule has 3 aromatic rings. The number of carbonyl (C=O) groups excluding carboxylic acids is 1. The minimum absolute atomic E-state index is 0.0558. The van der Waals surface area contributed by atoms with Gasteiger partial charge in [-0.3, -0.25) is 4.79 Å². The van der Waals surface area contributed by atoms with Gasteiger partial charge in [0.15, 0.2) is 0 Å².